The van der Waals surface area contributed by atoms with Gasteiger partial charge in [0.15, 0.2) is 0 Å². The molecular formula is C12H19NO. The third-order valence-corrected chi connectivity index (χ3v) is 2.23. The Kier molecular flexibility index (Phi) is 3.67. The summed E-state index contributed by atoms with van der Waals surface area (Å²) in [4.78, 5) is 5.03. The average molecular weight is 193 g/mol. The normalized spacial score (nSPS) is 14.0. The van der Waals surface area contributed by atoms with Crippen LogP contribution in [-0.4, -0.2) is 7.11 Å². The van der Waals surface area contributed by atoms with Gasteiger partial charge in [-0.25, -0.2) is 0 Å². The van der Waals surface area contributed by atoms with Gasteiger partial charge in [0.25, 0.3) is 0 Å². The highest BCUT2D eigenvalue weighted by Crippen LogP contribution is 2.32. The zero-order valence-electron chi connectivity index (χ0n) is 9.37. The van der Waals surface area contributed by atoms with Gasteiger partial charge in [0, 0.05) is 0 Å². The maximum atomic E-state index is 5.03. The molecule has 0 aliphatic rings. The van der Waals surface area contributed by atoms with E-state index in [2.05, 4.69) is 38.4 Å². The lowest BCUT2D eigenvalue weighted by Crippen LogP contribution is -2.31. The van der Waals surface area contributed by atoms with Crippen LogP contribution in [0.25, 0.3) is 0 Å². The summed E-state index contributed by atoms with van der Waals surface area (Å²) in [7, 11) is 1.65. The molecule has 0 spiro atoms. The van der Waals surface area contributed by atoms with Crippen molar-refractivity contribution in [3.05, 3.63) is 35.9 Å². The minimum Gasteiger partial charge on any atom is -0.305 e. The van der Waals surface area contributed by atoms with Gasteiger partial charge in [-0.05, 0) is 11.0 Å². The molecule has 1 N–H and O–H groups in total. The standard InChI is InChI=1S/C12H19NO/c1-12(2,3)11(13-14-4)10-8-6-5-7-9-10/h5-9,11,13H,1-4H3/t11-/m0/s1. The first kappa shape index (κ1) is 11.2. The molecule has 2 nitrogen and oxygen atoms in total. The Morgan fingerprint density at radius 1 is 1.14 bits per heavy atom. The maximum absolute atomic E-state index is 5.03. The van der Waals surface area contributed by atoms with E-state index in [9.17, 15) is 0 Å². The lowest BCUT2D eigenvalue weighted by atomic mass is 9.83. The average Bonchev–Trinajstić information content (AvgIpc) is 2.14. The molecule has 0 amide bonds. The molecule has 0 fully saturated rings. The van der Waals surface area contributed by atoms with Crippen molar-refractivity contribution in [3.8, 4) is 0 Å². The number of hydrogen-bond acceptors (Lipinski definition) is 2. The Balaban J connectivity index is 2.89. The summed E-state index contributed by atoms with van der Waals surface area (Å²) < 4.78 is 0. The van der Waals surface area contributed by atoms with Crippen molar-refractivity contribution in [1.82, 2.24) is 5.48 Å². The fourth-order valence-corrected chi connectivity index (χ4v) is 1.51. The van der Waals surface area contributed by atoms with Gasteiger partial charge in [0.1, 0.15) is 0 Å². The van der Waals surface area contributed by atoms with Crippen molar-refractivity contribution in [2.24, 2.45) is 5.41 Å². The second-order valence-electron chi connectivity index (χ2n) is 4.53. The topological polar surface area (TPSA) is 21.3 Å². The summed E-state index contributed by atoms with van der Waals surface area (Å²) in [6, 6.07) is 10.6. The molecular weight excluding hydrogens is 174 g/mol. The highest BCUT2D eigenvalue weighted by Gasteiger charge is 2.25. The van der Waals surface area contributed by atoms with E-state index in [1.165, 1.54) is 5.56 Å². The summed E-state index contributed by atoms with van der Waals surface area (Å²) in [6.07, 6.45) is 0. The summed E-state index contributed by atoms with van der Waals surface area (Å²) in [5.41, 5.74) is 4.43. The highest BCUT2D eigenvalue weighted by molar-refractivity contribution is 5.20. The van der Waals surface area contributed by atoms with Crippen LogP contribution in [0, 0.1) is 5.41 Å². The van der Waals surface area contributed by atoms with Gasteiger partial charge in [-0.1, -0.05) is 51.1 Å². The molecule has 1 aromatic carbocycles. The van der Waals surface area contributed by atoms with E-state index in [1.54, 1.807) is 7.11 Å². The van der Waals surface area contributed by atoms with E-state index >= 15 is 0 Å². The summed E-state index contributed by atoms with van der Waals surface area (Å²) >= 11 is 0. The lowest BCUT2D eigenvalue weighted by Gasteiger charge is -2.30. The van der Waals surface area contributed by atoms with Crippen LogP contribution in [0.2, 0.25) is 0 Å². The molecule has 2 heteroatoms. The third kappa shape index (κ3) is 2.82. The van der Waals surface area contributed by atoms with Crippen molar-refractivity contribution >= 4 is 0 Å². The van der Waals surface area contributed by atoms with E-state index in [0.29, 0.717) is 0 Å². The zero-order valence-corrected chi connectivity index (χ0v) is 9.37. The van der Waals surface area contributed by atoms with Crippen molar-refractivity contribution in [2.45, 2.75) is 26.8 Å². The van der Waals surface area contributed by atoms with Gasteiger partial charge < -0.3 is 4.84 Å². The van der Waals surface area contributed by atoms with Crippen molar-refractivity contribution in [2.75, 3.05) is 7.11 Å². The van der Waals surface area contributed by atoms with Gasteiger partial charge in [-0.2, -0.15) is 5.48 Å². The Morgan fingerprint density at radius 3 is 2.14 bits per heavy atom. The van der Waals surface area contributed by atoms with Crippen LogP contribution in [0.1, 0.15) is 32.4 Å². The molecule has 78 valence electrons. The second-order valence-corrected chi connectivity index (χ2v) is 4.53. The first-order chi connectivity index (χ1) is 6.55. The Hall–Kier alpha value is -0.860. The second kappa shape index (κ2) is 4.58. The van der Waals surface area contributed by atoms with E-state index in [0.717, 1.165) is 0 Å². The number of nitrogens with one attached hydrogen (secondary N) is 1. The van der Waals surface area contributed by atoms with E-state index < -0.39 is 0 Å². The number of hydroxylamine groups is 1. The van der Waals surface area contributed by atoms with Crippen LogP contribution in [0.4, 0.5) is 0 Å². The predicted molar refractivity (Wildman–Crippen MR) is 58.8 cm³/mol. The molecule has 14 heavy (non-hydrogen) atoms. The van der Waals surface area contributed by atoms with Crippen LogP contribution in [-0.2, 0) is 4.84 Å². The maximum Gasteiger partial charge on any atom is 0.0619 e. The largest absolute Gasteiger partial charge is 0.305 e. The van der Waals surface area contributed by atoms with E-state index in [4.69, 9.17) is 4.84 Å². The molecule has 0 unspecified atom stereocenters. The molecule has 1 aromatic rings. The van der Waals surface area contributed by atoms with Crippen LogP contribution in [0.15, 0.2) is 30.3 Å². The fraction of sp³-hybridized carbons (Fsp3) is 0.500. The molecule has 0 aromatic heterocycles. The zero-order chi connectivity index (χ0) is 10.6. The molecule has 0 aliphatic heterocycles. The van der Waals surface area contributed by atoms with Crippen LogP contribution in [0.5, 0.6) is 0 Å². The number of benzene rings is 1. The van der Waals surface area contributed by atoms with Crippen LogP contribution < -0.4 is 5.48 Å². The summed E-state index contributed by atoms with van der Waals surface area (Å²) in [5.74, 6) is 0. The Morgan fingerprint density at radius 2 is 1.71 bits per heavy atom. The highest BCUT2D eigenvalue weighted by atomic mass is 16.6. The molecule has 0 aliphatic carbocycles. The van der Waals surface area contributed by atoms with Crippen LogP contribution >= 0.6 is 0 Å². The molecule has 0 heterocycles. The number of hydrogen-bond donors (Lipinski definition) is 1. The minimum absolute atomic E-state index is 0.136. The van der Waals surface area contributed by atoms with E-state index in [-0.39, 0.29) is 11.5 Å². The van der Waals surface area contributed by atoms with Crippen molar-refractivity contribution < 1.29 is 4.84 Å². The fourth-order valence-electron chi connectivity index (χ4n) is 1.51. The smallest absolute Gasteiger partial charge is 0.0619 e. The summed E-state index contributed by atoms with van der Waals surface area (Å²) in [6.45, 7) is 6.57. The quantitative estimate of drug-likeness (QED) is 0.745. The minimum atomic E-state index is 0.136. The lowest BCUT2D eigenvalue weighted by molar-refractivity contribution is 0.0233. The monoisotopic (exact) mass is 193 g/mol. The molecule has 1 atom stereocenters. The van der Waals surface area contributed by atoms with Gasteiger partial charge in [0.05, 0.1) is 13.2 Å². The van der Waals surface area contributed by atoms with Crippen LogP contribution in [0.3, 0.4) is 0 Å². The summed E-state index contributed by atoms with van der Waals surface area (Å²) in [5, 5.41) is 0. The number of rotatable bonds is 3. The van der Waals surface area contributed by atoms with Gasteiger partial charge >= 0.3 is 0 Å². The van der Waals surface area contributed by atoms with Gasteiger partial charge in [-0.3, -0.25) is 0 Å². The van der Waals surface area contributed by atoms with Gasteiger partial charge in [-0.15, -0.1) is 0 Å². The predicted octanol–water partition coefficient (Wildman–Crippen LogP) is 2.92. The molecule has 0 radical (unpaired) electrons. The van der Waals surface area contributed by atoms with Crippen molar-refractivity contribution in [3.63, 3.8) is 0 Å². The van der Waals surface area contributed by atoms with Gasteiger partial charge in [0.2, 0.25) is 0 Å². The SMILES string of the molecule is CON[C@@H](c1ccccc1)C(C)(C)C. The molecule has 0 bridgehead atoms. The van der Waals surface area contributed by atoms with Crippen molar-refractivity contribution in [1.29, 1.82) is 0 Å². The molecule has 1 rings (SSSR count). The molecule has 0 saturated carbocycles. The Labute approximate surface area is 86.2 Å². The first-order valence-electron chi connectivity index (χ1n) is 4.89. The van der Waals surface area contributed by atoms with E-state index in [1.807, 2.05) is 18.2 Å². The Bertz CT molecular complexity index is 263. The third-order valence-electron chi connectivity index (χ3n) is 2.23. The molecule has 0 saturated heterocycles. The first-order valence-corrected chi connectivity index (χ1v) is 4.89.